The van der Waals surface area contributed by atoms with Crippen molar-refractivity contribution in [3.05, 3.63) is 163 Å². The molecule has 0 radical (unpaired) electrons. The van der Waals surface area contributed by atoms with Gasteiger partial charge < -0.3 is 9.97 Å². The summed E-state index contributed by atoms with van der Waals surface area (Å²) in [5.41, 5.74) is 22.3. The molecule has 0 aliphatic carbocycles. The molecule has 8 bridgehead atoms. The van der Waals surface area contributed by atoms with Gasteiger partial charge in [0.1, 0.15) is 0 Å². The number of fused-ring (bicyclic) bond motifs is 8. The Kier molecular flexibility index (Phi) is 14.4. The van der Waals surface area contributed by atoms with Crippen LogP contribution >= 0.6 is 22.6 Å². The van der Waals surface area contributed by atoms with Crippen LogP contribution in [0.25, 0.3) is 90.9 Å². The van der Waals surface area contributed by atoms with E-state index in [4.69, 9.17) is 19.9 Å². The summed E-state index contributed by atoms with van der Waals surface area (Å²) in [7, 11) is 0. The number of rotatable bonds is 4. The zero-order valence-corrected chi connectivity index (χ0v) is 50.3. The predicted molar refractivity (Wildman–Crippen MR) is 323 cm³/mol. The molecule has 0 spiro atoms. The molecule has 6 heteroatoms. The smallest absolute Gasteiger partial charge is 0.657 e. The molecule has 2 aliphatic rings. The molecule has 0 amide bonds. The fraction of sp³-hybridized carbons (Fsp3) is 0.353. The SMILES string of the molecule is CC(C)(C)c1cc(-c2c3nc(c(-c4cc(C(C)(C)C)cc(C(C)(C)C)c4)c4ccc([n-]4)c(-c4cc(C(C)(C)C)cc(C(C)(C)C)c4)c4nc(c(-c5ccc(I)cc5)c5ccc2[n-]5)C=C4)C=C3)cc(C(C)(C)C)c1.[Ni+2]. The van der Waals surface area contributed by atoms with Crippen LogP contribution in [0.2, 0.25) is 0 Å². The number of hydrogen-bond donors (Lipinski definition) is 0. The Hall–Kier alpha value is -5.30. The van der Waals surface area contributed by atoms with Gasteiger partial charge >= 0.3 is 16.5 Å². The Morgan fingerprint density at radius 1 is 0.297 bits per heavy atom. The summed E-state index contributed by atoms with van der Waals surface area (Å²) in [4.78, 5) is 22.9. The molecule has 384 valence electrons. The minimum Gasteiger partial charge on any atom is -0.657 e. The van der Waals surface area contributed by atoms with E-state index in [2.05, 4.69) is 275 Å². The predicted octanol–water partition coefficient (Wildman–Crippen LogP) is 19.0. The Morgan fingerprint density at radius 3 is 0.730 bits per heavy atom. The molecule has 0 saturated heterocycles. The van der Waals surface area contributed by atoms with Crippen LogP contribution in [-0.2, 0) is 49.0 Å². The first-order valence-electron chi connectivity index (χ1n) is 26.1. The average molecular weight is 1130 g/mol. The molecule has 9 rings (SSSR count). The van der Waals surface area contributed by atoms with E-state index in [9.17, 15) is 0 Å². The quantitative estimate of drug-likeness (QED) is 0.130. The Labute approximate surface area is 466 Å². The number of aromatic nitrogens is 4. The minimum absolute atomic E-state index is 0. The molecular weight excluding hydrogens is 1060 g/mol. The van der Waals surface area contributed by atoms with Crippen LogP contribution in [0.1, 0.15) is 181 Å². The molecule has 4 aromatic carbocycles. The maximum absolute atomic E-state index is 5.76. The first-order valence-corrected chi connectivity index (χ1v) is 27.2. The van der Waals surface area contributed by atoms with Crippen molar-refractivity contribution in [1.29, 1.82) is 0 Å². The van der Waals surface area contributed by atoms with Crippen LogP contribution in [0.15, 0.2) is 103 Å². The third-order valence-electron chi connectivity index (χ3n) is 14.6. The Morgan fingerprint density at radius 2 is 0.514 bits per heavy atom. The molecule has 3 aromatic heterocycles. The van der Waals surface area contributed by atoms with Crippen molar-refractivity contribution in [1.82, 2.24) is 19.9 Å². The van der Waals surface area contributed by atoms with Gasteiger partial charge in [-0.05, 0) is 169 Å². The molecule has 7 aromatic rings. The summed E-state index contributed by atoms with van der Waals surface area (Å²) in [6.07, 6.45) is 8.78. The van der Waals surface area contributed by atoms with E-state index in [1.165, 1.54) is 37.0 Å². The van der Waals surface area contributed by atoms with Gasteiger partial charge in [-0.3, -0.25) is 0 Å². The molecule has 5 heterocycles. The van der Waals surface area contributed by atoms with Gasteiger partial charge in [0.25, 0.3) is 0 Å². The summed E-state index contributed by atoms with van der Waals surface area (Å²) in [6, 6.07) is 38.9. The molecule has 0 saturated carbocycles. The summed E-state index contributed by atoms with van der Waals surface area (Å²) < 4.78 is 1.17. The number of halogens is 1. The first-order chi connectivity index (χ1) is 33.8. The largest absolute Gasteiger partial charge is 2.00 e. The van der Waals surface area contributed by atoms with E-state index in [1.54, 1.807) is 0 Å². The summed E-state index contributed by atoms with van der Waals surface area (Å²) in [5, 5.41) is 0. The minimum atomic E-state index is -0.103. The van der Waals surface area contributed by atoms with Crippen molar-refractivity contribution in [3.8, 4) is 44.5 Å². The zero-order chi connectivity index (χ0) is 53.0. The zero-order valence-electron chi connectivity index (χ0n) is 47.1. The Bertz CT molecular complexity index is 3380. The second-order valence-electron chi connectivity index (χ2n) is 26.8. The average Bonchev–Trinajstić information content (AvgIpc) is 4.13. The molecule has 0 fully saturated rings. The van der Waals surface area contributed by atoms with Crippen LogP contribution < -0.4 is 9.97 Å². The van der Waals surface area contributed by atoms with Gasteiger partial charge in [-0.1, -0.05) is 216 Å². The third kappa shape index (κ3) is 11.2. The molecule has 0 atom stereocenters. The van der Waals surface area contributed by atoms with Crippen molar-refractivity contribution in [3.63, 3.8) is 0 Å². The van der Waals surface area contributed by atoms with Gasteiger partial charge in [-0.2, -0.15) is 0 Å². The van der Waals surface area contributed by atoms with E-state index in [0.29, 0.717) is 0 Å². The number of nitrogens with zero attached hydrogens (tertiary/aromatic N) is 4. The second kappa shape index (κ2) is 19.4. The molecule has 4 nitrogen and oxygen atoms in total. The van der Waals surface area contributed by atoms with E-state index in [0.717, 1.165) is 89.4 Å². The summed E-state index contributed by atoms with van der Waals surface area (Å²) in [5.74, 6) is 0. The van der Waals surface area contributed by atoms with Crippen LogP contribution in [-0.4, -0.2) is 9.97 Å². The fourth-order valence-electron chi connectivity index (χ4n) is 9.80. The van der Waals surface area contributed by atoms with Gasteiger partial charge in [0.05, 0.1) is 22.8 Å². The summed E-state index contributed by atoms with van der Waals surface area (Å²) >= 11 is 2.39. The van der Waals surface area contributed by atoms with E-state index in [1.807, 2.05) is 0 Å². The van der Waals surface area contributed by atoms with Gasteiger partial charge in [0.15, 0.2) is 0 Å². The van der Waals surface area contributed by atoms with Crippen molar-refractivity contribution >= 4 is 69.0 Å². The number of hydrogen-bond acceptors (Lipinski definition) is 2. The first kappa shape index (κ1) is 55.0. The summed E-state index contributed by atoms with van der Waals surface area (Å²) in [6.45, 7) is 41.5. The van der Waals surface area contributed by atoms with Crippen molar-refractivity contribution in [2.24, 2.45) is 0 Å². The van der Waals surface area contributed by atoms with Crippen LogP contribution in [0.5, 0.6) is 0 Å². The fourth-order valence-corrected chi connectivity index (χ4v) is 10.2. The van der Waals surface area contributed by atoms with Crippen LogP contribution in [0, 0.1) is 3.57 Å². The van der Waals surface area contributed by atoms with Gasteiger partial charge in [0, 0.05) is 3.57 Å². The Balaban J connectivity index is 0.00000729. The van der Waals surface area contributed by atoms with Crippen molar-refractivity contribution in [2.75, 3.05) is 0 Å². The molecular formula is C68H75IN4Ni. The third-order valence-corrected chi connectivity index (χ3v) is 15.3. The van der Waals surface area contributed by atoms with E-state index >= 15 is 0 Å². The van der Waals surface area contributed by atoms with Crippen molar-refractivity contribution < 1.29 is 16.5 Å². The van der Waals surface area contributed by atoms with E-state index < -0.39 is 0 Å². The molecule has 74 heavy (non-hydrogen) atoms. The topological polar surface area (TPSA) is 54.0 Å². The van der Waals surface area contributed by atoms with Gasteiger partial charge in [0.2, 0.25) is 0 Å². The van der Waals surface area contributed by atoms with Gasteiger partial charge in [-0.15, -0.1) is 22.1 Å². The maximum atomic E-state index is 5.76. The maximum Gasteiger partial charge on any atom is 2.00 e. The normalized spacial score (nSPS) is 13.4. The van der Waals surface area contributed by atoms with Crippen molar-refractivity contribution in [2.45, 2.75) is 157 Å². The molecule has 0 unspecified atom stereocenters. The molecule has 2 aliphatic heterocycles. The van der Waals surface area contributed by atoms with Crippen LogP contribution in [0.3, 0.4) is 0 Å². The monoisotopic (exact) mass is 1130 g/mol. The standard InChI is InChI=1S/C68H75IN4.Ni/c1-63(2,3)44-31-41(32-45(37-44)64(4,5)6)60-53-25-23-51(70-53)59(40-19-21-50(69)22-20-40)52-24-26-54(71-52)61(42-33-46(65(7,8)9)38-47(34-42)66(10,11)12)56-28-30-58(73-56)62(57-29-27-55(60)72-57)43-35-48(67(13,14)15)39-49(36-43)68(16,17)18;/h19-39H,1-18H3;/q-2;+2. The van der Waals surface area contributed by atoms with Gasteiger partial charge in [-0.25, -0.2) is 9.97 Å². The van der Waals surface area contributed by atoms with E-state index in [-0.39, 0.29) is 49.0 Å². The number of benzene rings is 4. The molecule has 0 N–H and O–H groups in total. The van der Waals surface area contributed by atoms with Crippen LogP contribution in [0.4, 0.5) is 0 Å². The second-order valence-corrected chi connectivity index (χ2v) is 28.0.